The van der Waals surface area contributed by atoms with Gasteiger partial charge in [0, 0.05) is 27.4 Å². The molecule has 0 bridgehead atoms. The van der Waals surface area contributed by atoms with Crippen LogP contribution in [0.3, 0.4) is 0 Å². The van der Waals surface area contributed by atoms with Gasteiger partial charge in [0.1, 0.15) is 0 Å². The van der Waals surface area contributed by atoms with Crippen molar-refractivity contribution in [3.63, 3.8) is 0 Å². The van der Waals surface area contributed by atoms with Crippen molar-refractivity contribution in [2.75, 3.05) is 40.5 Å². The molecule has 21 heavy (non-hydrogen) atoms. The van der Waals surface area contributed by atoms with Crippen LogP contribution in [0.4, 0.5) is 0 Å². The molecule has 0 aliphatic carbocycles. The van der Waals surface area contributed by atoms with Gasteiger partial charge in [0.15, 0.2) is 0 Å². The van der Waals surface area contributed by atoms with Crippen LogP contribution in [0, 0.1) is 12.8 Å². The van der Waals surface area contributed by atoms with Gasteiger partial charge < -0.3 is 14.8 Å². The third-order valence-electron chi connectivity index (χ3n) is 3.77. The maximum absolute atomic E-state index is 5.14. The van der Waals surface area contributed by atoms with Crippen LogP contribution in [0.25, 0.3) is 0 Å². The number of aryl methyl sites for hydroxylation is 1. The zero-order chi connectivity index (χ0) is 15.3. The molecule has 0 aliphatic heterocycles. The zero-order valence-electron chi connectivity index (χ0n) is 13.9. The normalized spacial score (nSPS) is 12.5. The summed E-state index contributed by atoms with van der Waals surface area (Å²) < 4.78 is 10.2. The van der Waals surface area contributed by atoms with Crippen molar-refractivity contribution in [2.45, 2.75) is 32.6 Å². The van der Waals surface area contributed by atoms with Crippen LogP contribution >= 0.6 is 0 Å². The second kappa shape index (κ2) is 11.7. The van der Waals surface area contributed by atoms with Gasteiger partial charge in [-0.2, -0.15) is 0 Å². The lowest BCUT2D eigenvalue weighted by molar-refractivity contribution is 0.188. The van der Waals surface area contributed by atoms with E-state index in [4.69, 9.17) is 9.47 Å². The van der Waals surface area contributed by atoms with Crippen molar-refractivity contribution in [3.8, 4) is 0 Å². The molecule has 3 heteroatoms. The Labute approximate surface area is 130 Å². The van der Waals surface area contributed by atoms with E-state index in [1.54, 1.807) is 14.2 Å². The molecular weight excluding hydrogens is 262 g/mol. The van der Waals surface area contributed by atoms with Crippen molar-refractivity contribution >= 4 is 0 Å². The zero-order valence-corrected chi connectivity index (χ0v) is 13.9. The fourth-order valence-corrected chi connectivity index (χ4v) is 2.49. The van der Waals surface area contributed by atoms with E-state index in [1.807, 2.05) is 0 Å². The minimum atomic E-state index is 0.682. The lowest BCUT2D eigenvalue weighted by Crippen LogP contribution is -2.27. The SMILES string of the molecule is COCCCCC(CNCCOC)Cc1ccc(C)cc1. The first-order chi connectivity index (χ1) is 10.3. The minimum Gasteiger partial charge on any atom is -0.385 e. The molecule has 3 nitrogen and oxygen atoms in total. The highest BCUT2D eigenvalue weighted by Crippen LogP contribution is 2.15. The van der Waals surface area contributed by atoms with Gasteiger partial charge in [0.05, 0.1) is 6.61 Å². The highest BCUT2D eigenvalue weighted by molar-refractivity contribution is 5.21. The first kappa shape index (κ1) is 18.1. The monoisotopic (exact) mass is 293 g/mol. The molecule has 0 saturated carbocycles. The number of benzene rings is 1. The topological polar surface area (TPSA) is 30.5 Å². The van der Waals surface area contributed by atoms with Crippen LogP contribution in [-0.2, 0) is 15.9 Å². The number of methoxy groups -OCH3 is 2. The highest BCUT2D eigenvalue weighted by atomic mass is 16.5. The van der Waals surface area contributed by atoms with Crippen molar-refractivity contribution in [1.82, 2.24) is 5.32 Å². The molecule has 0 amide bonds. The van der Waals surface area contributed by atoms with Crippen molar-refractivity contribution in [2.24, 2.45) is 5.92 Å². The molecule has 1 atom stereocenters. The van der Waals surface area contributed by atoms with E-state index in [0.29, 0.717) is 5.92 Å². The van der Waals surface area contributed by atoms with Gasteiger partial charge >= 0.3 is 0 Å². The molecular formula is C18H31NO2. The number of rotatable bonds is 12. The van der Waals surface area contributed by atoms with Crippen LogP contribution in [0.1, 0.15) is 30.4 Å². The molecule has 0 aliphatic rings. The van der Waals surface area contributed by atoms with E-state index in [9.17, 15) is 0 Å². The van der Waals surface area contributed by atoms with E-state index >= 15 is 0 Å². The summed E-state index contributed by atoms with van der Waals surface area (Å²) in [5.41, 5.74) is 2.76. The number of hydrogen-bond acceptors (Lipinski definition) is 3. The quantitative estimate of drug-likeness (QED) is 0.600. The summed E-state index contributed by atoms with van der Waals surface area (Å²) in [6.07, 6.45) is 4.78. The van der Waals surface area contributed by atoms with E-state index in [0.717, 1.165) is 39.1 Å². The Morgan fingerprint density at radius 2 is 1.71 bits per heavy atom. The number of ether oxygens (including phenoxy) is 2. The van der Waals surface area contributed by atoms with Crippen molar-refractivity contribution in [3.05, 3.63) is 35.4 Å². The third-order valence-corrected chi connectivity index (χ3v) is 3.77. The number of unbranched alkanes of at least 4 members (excludes halogenated alkanes) is 1. The van der Waals surface area contributed by atoms with Gasteiger partial charge in [-0.15, -0.1) is 0 Å². The summed E-state index contributed by atoms with van der Waals surface area (Å²) in [6.45, 7) is 5.77. The fraction of sp³-hybridized carbons (Fsp3) is 0.667. The van der Waals surface area contributed by atoms with E-state index in [2.05, 4.69) is 36.5 Å². The second-order valence-electron chi connectivity index (χ2n) is 5.74. The molecule has 1 N–H and O–H groups in total. The lowest BCUT2D eigenvalue weighted by Gasteiger charge is -2.18. The smallest absolute Gasteiger partial charge is 0.0587 e. The van der Waals surface area contributed by atoms with Gasteiger partial charge in [-0.1, -0.05) is 36.2 Å². The average molecular weight is 293 g/mol. The van der Waals surface area contributed by atoms with Gasteiger partial charge in [-0.3, -0.25) is 0 Å². The third kappa shape index (κ3) is 8.86. The summed E-state index contributed by atoms with van der Waals surface area (Å²) in [6, 6.07) is 8.92. The van der Waals surface area contributed by atoms with Crippen LogP contribution in [0.15, 0.2) is 24.3 Å². The maximum Gasteiger partial charge on any atom is 0.0587 e. The molecule has 1 aromatic rings. The second-order valence-corrected chi connectivity index (χ2v) is 5.74. The van der Waals surface area contributed by atoms with Crippen LogP contribution < -0.4 is 5.32 Å². The van der Waals surface area contributed by atoms with Crippen LogP contribution in [0.2, 0.25) is 0 Å². The molecule has 0 heterocycles. The molecule has 1 aromatic carbocycles. The van der Waals surface area contributed by atoms with Crippen molar-refractivity contribution < 1.29 is 9.47 Å². The van der Waals surface area contributed by atoms with Gasteiger partial charge in [-0.25, -0.2) is 0 Å². The molecule has 120 valence electrons. The average Bonchev–Trinajstić information content (AvgIpc) is 2.50. The Morgan fingerprint density at radius 1 is 1.00 bits per heavy atom. The Morgan fingerprint density at radius 3 is 2.38 bits per heavy atom. The molecule has 0 aromatic heterocycles. The first-order valence-corrected chi connectivity index (χ1v) is 8.00. The first-order valence-electron chi connectivity index (χ1n) is 8.00. The summed E-state index contributed by atoms with van der Waals surface area (Å²) >= 11 is 0. The molecule has 1 rings (SSSR count). The Bertz CT molecular complexity index is 339. The Balaban J connectivity index is 2.39. The molecule has 1 unspecified atom stereocenters. The molecule has 0 spiro atoms. The summed E-state index contributed by atoms with van der Waals surface area (Å²) in [7, 11) is 3.52. The summed E-state index contributed by atoms with van der Waals surface area (Å²) in [5, 5.41) is 3.50. The molecule has 0 radical (unpaired) electrons. The van der Waals surface area contributed by atoms with Crippen LogP contribution in [0.5, 0.6) is 0 Å². The van der Waals surface area contributed by atoms with Crippen LogP contribution in [-0.4, -0.2) is 40.5 Å². The summed E-state index contributed by atoms with van der Waals surface area (Å²) in [4.78, 5) is 0. The Kier molecular flexibility index (Phi) is 10.1. The van der Waals surface area contributed by atoms with E-state index < -0.39 is 0 Å². The predicted molar refractivity (Wildman–Crippen MR) is 88.8 cm³/mol. The molecule has 0 fully saturated rings. The standard InChI is InChI=1S/C18H31NO2/c1-16-7-9-17(10-8-16)14-18(6-4-5-12-20-2)15-19-11-13-21-3/h7-10,18-19H,4-6,11-15H2,1-3H3. The van der Waals surface area contributed by atoms with E-state index in [1.165, 1.54) is 24.0 Å². The maximum atomic E-state index is 5.14. The lowest BCUT2D eigenvalue weighted by atomic mass is 9.93. The fourth-order valence-electron chi connectivity index (χ4n) is 2.49. The largest absolute Gasteiger partial charge is 0.385 e. The van der Waals surface area contributed by atoms with Gasteiger partial charge in [0.2, 0.25) is 0 Å². The van der Waals surface area contributed by atoms with Gasteiger partial charge in [0.25, 0.3) is 0 Å². The number of hydrogen-bond donors (Lipinski definition) is 1. The van der Waals surface area contributed by atoms with Gasteiger partial charge in [-0.05, 0) is 44.2 Å². The Hall–Kier alpha value is -0.900. The highest BCUT2D eigenvalue weighted by Gasteiger charge is 2.09. The minimum absolute atomic E-state index is 0.682. The van der Waals surface area contributed by atoms with E-state index in [-0.39, 0.29) is 0 Å². The number of nitrogens with one attached hydrogen (secondary N) is 1. The van der Waals surface area contributed by atoms with Crippen molar-refractivity contribution in [1.29, 1.82) is 0 Å². The predicted octanol–water partition coefficient (Wildman–Crippen LogP) is 3.21. The summed E-state index contributed by atoms with van der Waals surface area (Å²) in [5.74, 6) is 0.682. The molecule has 0 saturated heterocycles.